The number of hydrogen-bond donors (Lipinski definition) is 1. The van der Waals surface area contributed by atoms with Crippen molar-refractivity contribution in [1.82, 2.24) is 15.0 Å². The van der Waals surface area contributed by atoms with Crippen molar-refractivity contribution in [3.05, 3.63) is 77.4 Å². The Balaban J connectivity index is 1.45. The van der Waals surface area contributed by atoms with Crippen LogP contribution in [0.1, 0.15) is 43.4 Å². The Hall–Kier alpha value is -3.67. The van der Waals surface area contributed by atoms with Crippen molar-refractivity contribution in [3.8, 4) is 11.4 Å². The number of anilines is 1. The molecule has 0 aliphatic rings. The third-order valence-electron chi connectivity index (χ3n) is 5.49. The first-order valence-corrected chi connectivity index (χ1v) is 10.9. The lowest BCUT2D eigenvalue weighted by Gasteiger charge is -2.10. The Morgan fingerprint density at radius 3 is 2.28 bits per heavy atom. The van der Waals surface area contributed by atoms with E-state index in [4.69, 9.17) is 4.74 Å². The summed E-state index contributed by atoms with van der Waals surface area (Å²) in [5, 5.41) is 12.1. The number of fused-ring (bicyclic) bond motifs is 1. The number of nitrogens with one attached hydrogen (secondary N) is 1. The summed E-state index contributed by atoms with van der Waals surface area (Å²) in [6, 6.07) is 19.8. The van der Waals surface area contributed by atoms with Gasteiger partial charge in [-0.25, -0.2) is 0 Å². The maximum Gasteiger partial charge on any atom is 0.262 e. The van der Waals surface area contributed by atoms with Gasteiger partial charge in [0.15, 0.2) is 6.61 Å². The quantitative estimate of drug-likeness (QED) is 0.426. The van der Waals surface area contributed by atoms with Crippen LogP contribution in [0.2, 0.25) is 0 Å². The number of aryl methyl sites for hydroxylation is 2. The molecule has 1 N–H and O–H groups in total. The molecule has 0 atom stereocenters. The Kier molecular flexibility index (Phi) is 6.21. The van der Waals surface area contributed by atoms with E-state index in [0.29, 0.717) is 17.4 Å². The smallest absolute Gasteiger partial charge is 0.262 e. The Morgan fingerprint density at radius 2 is 1.66 bits per heavy atom. The van der Waals surface area contributed by atoms with Crippen LogP contribution in [0.3, 0.4) is 0 Å². The largest absolute Gasteiger partial charge is 0.484 e. The Morgan fingerprint density at radius 1 is 1.00 bits per heavy atom. The van der Waals surface area contributed by atoms with Gasteiger partial charge in [-0.2, -0.15) is 4.80 Å². The lowest BCUT2D eigenvalue weighted by atomic mass is 10.0. The van der Waals surface area contributed by atoms with Crippen molar-refractivity contribution in [2.45, 2.75) is 40.0 Å². The fourth-order valence-electron chi connectivity index (χ4n) is 3.47. The van der Waals surface area contributed by atoms with Gasteiger partial charge in [-0.15, -0.1) is 10.2 Å². The van der Waals surface area contributed by atoms with Gasteiger partial charge in [-0.05, 0) is 72.4 Å². The number of nitrogens with zero attached hydrogens (tertiary/aromatic N) is 3. The zero-order chi connectivity index (χ0) is 22.7. The molecule has 0 aliphatic heterocycles. The number of benzene rings is 3. The van der Waals surface area contributed by atoms with Crippen LogP contribution in [0.15, 0.2) is 60.7 Å². The van der Waals surface area contributed by atoms with Crippen molar-refractivity contribution in [3.63, 3.8) is 0 Å². The summed E-state index contributed by atoms with van der Waals surface area (Å²) in [5.41, 5.74) is 6.52. The monoisotopic (exact) mass is 428 g/mol. The van der Waals surface area contributed by atoms with Gasteiger partial charge in [0, 0.05) is 5.69 Å². The highest BCUT2D eigenvalue weighted by molar-refractivity contribution is 5.95. The van der Waals surface area contributed by atoms with E-state index in [2.05, 4.69) is 48.4 Å². The third-order valence-corrected chi connectivity index (χ3v) is 5.49. The zero-order valence-electron chi connectivity index (χ0n) is 18.9. The molecule has 1 heterocycles. The number of amides is 1. The standard InChI is InChI=1S/C26H28N4O2/c1-5-19-6-10-21(11-7-19)30-28-24-14-18(4)23(15-25(24)29-30)27-26(31)16-32-22-12-8-20(9-13-22)17(2)3/h6-15,17H,5,16H2,1-4H3,(H,27,31). The summed E-state index contributed by atoms with van der Waals surface area (Å²) in [7, 11) is 0. The fourth-order valence-corrected chi connectivity index (χ4v) is 3.47. The van der Waals surface area contributed by atoms with E-state index < -0.39 is 0 Å². The van der Waals surface area contributed by atoms with Gasteiger partial charge in [-0.3, -0.25) is 4.79 Å². The Labute approximate surface area is 188 Å². The van der Waals surface area contributed by atoms with Crippen LogP contribution in [0, 0.1) is 6.92 Å². The minimum absolute atomic E-state index is 0.0605. The van der Waals surface area contributed by atoms with Gasteiger partial charge in [0.1, 0.15) is 16.8 Å². The molecule has 6 heteroatoms. The number of hydrogen-bond acceptors (Lipinski definition) is 4. The van der Waals surface area contributed by atoms with Crippen molar-refractivity contribution < 1.29 is 9.53 Å². The molecule has 4 rings (SSSR count). The van der Waals surface area contributed by atoms with E-state index in [1.54, 1.807) is 4.80 Å². The molecule has 0 spiro atoms. The van der Waals surface area contributed by atoms with E-state index in [0.717, 1.165) is 28.7 Å². The molecule has 0 bridgehead atoms. The van der Waals surface area contributed by atoms with Crippen LogP contribution >= 0.6 is 0 Å². The lowest BCUT2D eigenvalue weighted by Crippen LogP contribution is -2.20. The number of rotatable bonds is 7. The van der Waals surface area contributed by atoms with Crippen molar-refractivity contribution in [1.29, 1.82) is 0 Å². The highest BCUT2D eigenvalue weighted by Gasteiger charge is 2.11. The summed E-state index contributed by atoms with van der Waals surface area (Å²) in [4.78, 5) is 14.1. The van der Waals surface area contributed by atoms with E-state index >= 15 is 0 Å². The molecule has 0 saturated heterocycles. The van der Waals surface area contributed by atoms with Crippen LogP contribution in [0.4, 0.5) is 5.69 Å². The van der Waals surface area contributed by atoms with Crippen molar-refractivity contribution in [2.75, 3.05) is 11.9 Å². The minimum Gasteiger partial charge on any atom is -0.484 e. The maximum absolute atomic E-state index is 12.5. The van der Waals surface area contributed by atoms with Crippen LogP contribution in [0.25, 0.3) is 16.7 Å². The second-order valence-corrected chi connectivity index (χ2v) is 8.23. The Bertz CT molecular complexity index is 1230. The van der Waals surface area contributed by atoms with Crippen LogP contribution in [-0.2, 0) is 11.2 Å². The normalized spacial score (nSPS) is 11.2. The SMILES string of the molecule is CCc1ccc(-n2nc3cc(C)c(NC(=O)COc4ccc(C(C)C)cc4)cc3n2)cc1. The molecule has 0 unspecified atom stereocenters. The highest BCUT2D eigenvalue weighted by Crippen LogP contribution is 2.23. The first-order chi connectivity index (χ1) is 15.4. The molecule has 1 aromatic heterocycles. The van der Waals surface area contributed by atoms with Gasteiger partial charge in [0.25, 0.3) is 5.91 Å². The predicted octanol–water partition coefficient (Wildman–Crippen LogP) is 5.43. The molecule has 4 aromatic rings. The molecule has 6 nitrogen and oxygen atoms in total. The molecule has 0 saturated carbocycles. The van der Waals surface area contributed by atoms with Crippen LogP contribution in [0.5, 0.6) is 5.75 Å². The average molecular weight is 429 g/mol. The molecular weight excluding hydrogens is 400 g/mol. The minimum atomic E-state index is -0.220. The van der Waals surface area contributed by atoms with Gasteiger partial charge in [0.05, 0.1) is 5.69 Å². The van der Waals surface area contributed by atoms with Crippen LogP contribution in [-0.4, -0.2) is 27.5 Å². The lowest BCUT2D eigenvalue weighted by molar-refractivity contribution is -0.118. The highest BCUT2D eigenvalue weighted by atomic mass is 16.5. The summed E-state index contributed by atoms with van der Waals surface area (Å²) < 4.78 is 5.64. The molecular formula is C26H28N4O2. The van der Waals surface area contributed by atoms with E-state index in [9.17, 15) is 4.79 Å². The molecule has 32 heavy (non-hydrogen) atoms. The molecule has 3 aromatic carbocycles. The zero-order valence-corrected chi connectivity index (χ0v) is 18.9. The molecule has 0 fully saturated rings. The summed E-state index contributed by atoms with van der Waals surface area (Å²) in [5.74, 6) is 0.913. The number of aromatic nitrogens is 3. The number of carbonyl (C=O) groups is 1. The van der Waals surface area contributed by atoms with Gasteiger partial charge in [-0.1, -0.05) is 45.0 Å². The topological polar surface area (TPSA) is 69.0 Å². The van der Waals surface area contributed by atoms with E-state index in [1.165, 1.54) is 11.1 Å². The third kappa shape index (κ3) is 4.80. The molecule has 0 radical (unpaired) electrons. The van der Waals surface area contributed by atoms with Crippen molar-refractivity contribution >= 4 is 22.6 Å². The number of carbonyl (C=O) groups excluding carboxylic acids is 1. The van der Waals surface area contributed by atoms with Gasteiger partial charge in [0.2, 0.25) is 0 Å². The maximum atomic E-state index is 12.5. The molecule has 0 aliphatic carbocycles. The summed E-state index contributed by atoms with van der Waals surface area (Å²) >= 11 is 0. The molecule has 1 amide bonds. The second-order valence-electron chi connectivity index (χ2n) is 8.23. The van der Waals surface area contributed by atoms with Gasteiger partial charge >= 0.3 is 0 Å². The molecule has 164 valence electrons. The first kappa shape index (κ1) is 21.6. The first-order valence-electron chi connectivity index (χ1n) is 10.9. The summed E-state index contributed by atoms with van der Waals surface area (Å²) in [6.07, 6.45) is 0.990. The van der Waals surface area contributed by atoms with E-state index in [1.807, 2.05) is 55.5 Å². The average Bonchev–Trinajstić information content (AvgIpc) is 3.21. The number of ether oxygens (including phenoxy) is 1. The van der Waals surface area contributed by atoms with E-state index in [-0.39, 0.29) is 12.5 Å². The summed E-state index contributed by atoms with van der Waals surface area (Å²) in [6.45, 7) is 8.29. The predicted molar refractivity (Wildman–Crippen MR) is 128 cm³/mol. The van der Waals surface area contributed by atoms with Gasteiger partial charge < -0.3 is 10.1 Å². The van der Waals surface area contributed by atoms with Crippen molar-refractivity contribution in [2.24, 2.45) is 0 Å². The second kappa shape index (κ2) is 9.22. The fraction of sp³-hybridized carbons (Fsp3) is 0.269. The van der Waals surface area contributed by atoms with Crippen LogP contribution < -0.4 is 10.1 Å².